The average Bonchev–Trinajstić information content (AvgIpc) is 1.89. The molecule has 0 fully saturated rings. The summed E-state index contributed by atoms with van der Waals surface area (Å²) in [5.74, 6) is 0. The van der Waals surface area contributed by atoms with Crippen LogP contribution in [0.4, 0.5) is 4.39 Å². The number of ether oxygens (including phenoxy) is 1. The molecule has 0 amide bonds. The van der Waals surface area contributed by atoms with Crippen LogP contribution in [0.2, 0.25) is 0 Å². The summed E-state index contributed by atoms with van der Waals surface area (Å²) in [6.07, 6.45) is -1.38. The van der Waals surface area contributed by atoms with E-state index in [4.69, 9.17) is 10.4 Å². The summed E-state index contributed by atoms with van der Waals surface area (Å²) in [6.45, 7) is -0.932. The molecule has 0 aliphatic heterocycles. The maximum Gasteiger partial charge on any atom is 0.212 e. The summed E-state index contributed by atoms with van der Waals surface area (Å²) >= 11 is 0. The summed E-state index contributed by atoms with van der Waals surface area (Å²) in [6, 6.07) is 0. The third kappa shape index (κ3) is 5.64. The molecule has 0 radical (unpaired) electrons. The molecule has 0 bridgehead atoms. The molecule has 0 aliphatic carbocycles. The first-order valence-electron chi connectivity index (χ1n) is 2.43. The van der Waals surface area contributed by atoms with E-state index in [1.807, 2.05) is 0 Å². The zero-order chi connectivity index (χ0) is 7.11. The molecule has 0 saturated heterocycles. The maximum atomic E-state index is 11.2. The topological polar surface area (TPSA) is 58.9 Å². The minimum absolute atomic E-state index is 0.0968. The van der Waals surface area contributed by atoms with E-state index in [1.165, 1.54) is 0 Å². The van der Waals surface area contributed by atoms with Crippen molar-refractivity contribution in [2.24, 2.45) is 0 Å². The Morgan fingerprint density at radius 3 is 2.67 bits per heavy atom. The molecular weight excluding hydrogens is 131 g/mol. The van der Waals surface area contributed by atoms with Gasteiger partial charge in [-0.3, -0.25) is 0 Å². The quantitative estimate of drug-likeness (QED) is 0.240. The van der Waals surface area contributed by atoms with Crippen LogP contribution in [0.3, 0.4) is 0 Å². The average molecular weight is 140 g/mol. The number of alkyl halides is 1. The molecule has 5 heteroatoms. The molecule has 0 aromatic heterocycles. The van der Waals surface area contributed by atoms with Gasteiger partial charge in [-0.25, -0.2) is 14.5 Å². The van der Waals surface area contributed by atoms with E-state index in [9.17, 15) is 4.39 Å². The Balaban J connectivity index is 2.88. The van der Waals surface area contributed by atoms with Gasteiger partial charge < -0.3 is 9.84 Å². The van der Waals surface area contributed by atoms with E-state index in [-0.39, 0.29) is 13.2 Å². The lowest BCUT2D eigenvalue weighted by Gasteiger charge is -2.04. The SMILES string of the molecule is OOC(O)COCCF. The third-order valence-corrected chi connectivity index (χ3v) is 0.604. The first-order chi connectivity index (χ1) is 4.31. The lowest BCUT2D eigenvalue weighted by molar-refractivity contribution is -0.342. The van der Waals surface area contributed by atoms with Crippen LogP contribution in [0.5, 0.6) is 0 Å². The van der Waals surface area contributed by atoms with Gasteiger partial charge in [-0.1, -0.05) is 0 Å². The molecule has 1 atom stereocenters. The molecule has 9 heavy (non-hydrogen) atoms. The standard InChI is InChI=1S/C4H9FO4/c5-1-2-8-3-4(6)9-7/h4,6-7H,1-3H2. The Hall–Kier alpha value is -0.230. The van der Waals surface area contributed by atoms with Crippen LogP contribution < -0.4 is 0 Å². The minimum Gasteiger partial charge on any atom is -0.373 e. The lowest BCUT2D eigenvalue weighted by atomic mass is 10.7. The fourth-order valence-electron chi connectivity index (χ4n) is 0.269. The molecule has 4 nitrogen and oxygen atoms in total. The van der Waals surface area contributed by atoms with E-state index in [1.54, 1.807) is 0 Å². The smallest absolute Gasteiger partial charge is 0.212 e. The van der Waals surface area contributed by atoms with Crippen LogP contribution in [0.1, 0.15) is 0 Å². The summed E-state index contributed by atoms with van der Waals surface area (Å²) in [7, 11) is 0. The van der Waals surface area contributed by atoms with Gasteiger partial charge in [0.25, 0.3) is 0 Å². The predicted molar refractivity (Wildman–Crippen MR) is 26.5 cm³/mol. The van der Waals surface area contributed by atoms with Gasteiger partial charge in [0.1, 0.15) is 13.3 Å². The number of aliphatic hydroxyl groups excluding tert-OH is 1. The van der Waals surface area contributed by atoms with Gasteiger partial charge in [0.15, 0.2) is 0 Å². The van der Waals surface area contributed by atoms with Crippen LogP contribution >= 0.6 is 0 Å². The second kappa shape index (κ2) is 5.90. The normalized spacial score (nSPS) is 13.7. The van der Waals surface area contributed by atoms with Crippen LogP contribution in [0.15, 0.2) is 0 Å². The van der Waals surface area contributed by atoms with Gasteiger partial charge in [0, 0.05) is 0 Å². The van der Waals surface area contributed by atoms with Crippen molar-refractivity contribution in [1.29, 1.82) is 0 Å². The molecular formula is C4H9FO4. The highest BCUT2D eigenvalue weighted by Gasteiger charge is 2.00. The van der Waals surface area contributed by atoms with Gasteiger partial charge in [-0.05, 0) is 0 Å². The van der Waals surface area contributed by atoms with Gasteiger partial charge >= 0.3 is 0 Å². The highest BCUT2D eigenvalue weighted by atomic mass is 19.1. The van der Waals surface area contributed by atoms with E-state index < -0.39 is 13.0 Å². The molecule has 56 valence electrons. The molecule has 0 rings (SSSR count). The van der Waals surface area contributed by atoms with Gasteiger partial charge in [-0.2, -0.15) is 0 Å². The number of halogens is 1. The Kier molecular flexibility index (Phi) is 5.75. The first kappa shape index (κ1) is 8.77. The van der Waals surface area contributed by atoms with E-state index in [0.29, 0.717) is 0 Å². The fourth-order valence-corrected chi connectivity index (χ4v) is 0.269. The van der Waals surface area contributed by atoms with Crippen molar-refractivity contribution in [1.82, 2.24) is 0 Å². The highest BCUT2D eigenvalue weighted by molar-refractivity contribution is 4.32. The van der Waals surface area contributed by atoms with Gasteiger partial charge in [0.2, 0.25) is 6.29 Å². The summed E-state index contributed by atoms with van der Waals surface area (Å²) in [5.41, 5.74) is 0. The summed E-state index contributed by atoms with van der Waals surface area (Å²) < 4.78 is 15.7. The van der Waals surface area contributed by atoms with Crippen molar-refractivity contribution in [2.45, 2.75) is 6.29 Å². The van der Waals surface area contributed by atoms with Gasteiger partial charge in [-0.15, -0.1) is 0 Å². The van der Waals surface area contributed by atoms with Crippen molar-refractivity contribution in [2.75, 3.05) is 19.9 Å². The number of rotatable bonds is 5. The molecule has 0 spiro atoms. The van der Waals surface area contributed by atoms with E-state index >= 15 is 0 Å². The van der Waals surface area contributed by atoms with Crippen molar-refractivity contribution in [3.05, 3.63) is 0 Å². The summed E-state index contributed by atoms with van der Waals surface area (Å²) in [5, 5.41) is 16.1. The molecule has 0 saturated carbocycles. The number of hydrogen-bond acceptors (Lipinski definition) is 4. The van der Waals surface area contributed by atoms with Crippen LogP contribution in [0, 0.1) is 0 Å². The molecule has 0 heterocycles. The molecule has 0 aliphatic rings. The van der Waals surface area contributed by atoms with Crippen LogP contribution in [-0.4, -0.2) is 36.5 Å². The molecule has 1 unspecified atom stereocenters. The number of hydrogen-bond donors (Lipinski definition) is 2. The van der Waals surface area contributed by atoms with Crippen molar-refractivity contribution >= 4 is 0 Å². The fraction of sp³-hybridized carbons (Fsp3) is 1.00. The van der Waals surface area contributed by atoms with Crippen molar-refractivity contribution in [3.8, 4) is 0 Å². The third-order valence-electron chi connectivity index (χ3n) is 0.604. The summed E-state index contributed by atoms with van der Waals surface area (Å²) in [4.78, 5) is 3.40. The molecule has 0 aromatic rings. The van der Waals surface area contributed by atoms with Crippen molar-refractivity contribution < 1.29 is 24.4 Å². The van der Waals surface area contributed by atoms with Gasteiger partial charge in [0.05, 0.1) is 6.61 Å². The molecule has 0 aromatic carbocycles. The second-order valence-electron chi connectivity index (χ2n) is 1.32. The van der Waals surface area contributed by atoms with E-state index in [0.717, 1.165) is 0 Å². The van der Waals surface area contributed by atoms with Crippen molar-refractivity contribution in [3.63, 3.8) is 0 Å². The second-order valence-corrected chi connectivity index (χ2v) is 1.32. The highest BCUT2D eigenvalue weighted by Crippen LogP contribution is 1.84. The Morgan fingerprint density at radius 1 is 1.56 bits per heavy atom. The number of aliphatic hydroxyl groups is 1. The monoisotopic (exact) mass is 140 g/mol. The zero-order valence-corrected chi connectivity index (χ0v) is 4.79. The molecule has 2 N–H and O–H groups in total. The first-order valence-corrected chi connectivity index (χ1v) is 2.43. The Labute approximate surface area is 51.7 Å². The zero-order valence-electron chi connectivity index (χ0n) is 4.79. The van der Waals surface area contributed by atoms with Crippen LogP contribution in [-0.2, 0) is 9.62 Å². The Bertz CT molecular complexity index is 60.5. The van der Waals surface area contributed by atoms with Crippen LogP contribution in [0.25, 0.3) is 0 Å². The van der Waals surface area contributed by atoms with E-state index in [2.05, 4.69) is 9.62 Å². The maximum absolute atomic E-state index is 11.2. The predicted octanol–water partition coefficient (Wildman–Crippen LogP) is -0.219. The largest absolute Gasteiger partial charge is 0.373 e. The minimum atomic E-state index is -1.38. The Morgan fingerprint density at radius 2 is 2.22 bits per heavy atom. The lowest BCUT2D eigenvalue weighted by Crippen LogP contribution is -2.18.